The van der Waals surface area contributed by atoms with Crippen molar-refractivity contribution in [2.24, 2.45) is 0 Å². The molecule has 0 saturated heterocycles. The Hall–Kier alpha value is -3.74. The minimum atomic E-state index is -0.165. The lowest BCUT2D eigenvalue weighted by Crippen LogP contribution is -2.11. The van der Waals surface area contributed by atoms with Gasteiger partial charge in [0, 0.05) is 16.8 Å². The first-order chi connectivity index (χ1) is 14.2. The van der Waals surface area contributed by atoms with E-state index in [1.54, 1.807) is 23.0 Å². The maximum Gasteiger partial charge on any atom is 0.255 e. The van der Waals surface area contributed by atoms with Gasteiger partial charge in [0.25, 0.3) is 5.91 Å². The summed E-state index contributed by atoms with van der Waals surface area (Å²) in [5.74, 6) is 0.610. The summed E-state index contributed by atoms with van der Waals surface area (Å²) in [6.45, 7) is 2.81. The highest BCUT2D eigenvalue weighted by Crippen LogP contribution is 2.20. The first kappa shape index (κ1) is 18.6. The Morgan fingerprint density at radius 3 is 2.59 bits per heavy atom. The van der Waals surface area contributed by atoms with Crippen molar-refractivity contribution in [3.8, 4) is 17.0 Å². The second kappa shape index (κ2) is 8.52. The summed E-state index contributed by atoms with van der Waals surface area (Å²) < 4.78 is 7.25. The molecular formula is C22H21N5O2. The van der Waals surface area contributed by atoms with Crippen molar-refractivity contribution >= 4 is 17.2 Å². The summed E-state index contributed by atoms with van der Waals surface area (Å²) in [6.07, 6.45) is 3.67. The quantitative estimate of drug-likeness (QED) is 0.480. The number of aromatic nitrogens is 4. The van der Waals surface area contributed by atoms with E-state index >= 15 is 0 Å². The molecular weight excluding hydrogens is 366 g/mol. The average Bonchev–Trinajstić information content (AvgIpc) is 3.23. The zero-order valence-electron chi connectivity index (χ0n) is 16.1. The summed E-state index contributed by atoms with van der Waals surface area (Å²) in [7, 11) is 0. The average molecular weight is 387 g/mol. The van der Waals surface area contributed by atoms with Gasteiger partial charge in [-0.1, -0.05) is 25.5 Å². The number of fused-ring (bicyclic) bond motifs is 1. The normalized spacial score (nSPS) is 10.8. The topological polar surface area (TPSA) is 81.4 Å². The second-order valence-corrected chi connectivity index (χ2v) is 6.61. The number of rotatable bonds is 7. The van der Waals surface area contributed by atoms with Gasteiger partial charge in [-0.25, -0.2) is 0 Å². The molecule has 0 aliphatic heterocycles. The van der Waals surface area contributed by atoms with E-state index in [9.17, 15) is 4.79 Å². The third-order valence-electron chi connectivity index (χ3n) is 4.48. The second-order valence-electron chi connectivity index (χ2n) is 6.61. The van der Waals surface area contributed by atoms with E-state index in [0.29, 0.717) is 23.5 Å². The number of unbranched alkanes of at least 4 members (excludes halogenated alkanes) is 1. The van der Waals surface area contributed by atoms with E-state index in [0.717, 1.165) is 29.8 Å². The molecule has 1 N–H and O–H groups in total. The SMILES string of the molecule is CCCCOc1ccc(C(=O)Nc2ccc(-c3ccc4nncn4n3)cc2)cc1. The van der Waals surface area contributed by atoms with Crippen LogP contribution in [-0.2, 0) is 0 Å². The van der Waals surface area contributed by atoms with Gasteiger partial charge in [-0.15, -0.1) is 10.2 Å². The first-order valence-electron chi connectivity index (χ1n) is 9.54. The van der Waals surface area contributed by atoms with Crippen molar-refractivity contribution in [2.45, 2.75) is 19.8 Å². The van der Waals surface area contributed by atoms with Gasteiger partial charge in [-0.2, -0.15) is 9.61 Å². The van der Waals surface area contributed by atoms with Crippen molar-refractivity contribution in [3.05, 3.63) is 72.6 Å². The number of nitrogens with zero attached hydrogens (tertiary/aromatic N) is 4. The largest absolute Gasteiger partial charge is 0.494 e. The molecule has 0 aliphatic carbocycles. The van der Waals surface area contributed by atoms with Gasteiger partial charge in [0.2, 0.25) is 0 Å². The standard InChI is InChI=1S/C22H21N5O2/c1-2-3-14-29-19-10-6-17(7-11-19)22(28)24-18-8-4-16(5-9-18)20-12-13-21-25-23-15-27(21)26-20/h4-13,15H,2-3,14H2,1H3,(H,24,28). The van der Waals surface area contributed by atoms with Gasteiger partial charge in [0.1, 0.15) is 12.1 Å². The van der Waals surface area contributed by atoms with E-state index in [4.69, 9.17) is 4.74 Å². The Kier molecular flexibility index (Phi) is 5.47. The fourth-order valence-electron chi connectivity index (χ4n) is 2.85. The minimum Gasteiger partial charge on any atom is -0.494 e. The fourth-order valence-corrected chi connectivity index (χ4v) is 2.85. The predicted molar refractivity (Wildman–Crippen MR) is 111 cm³/mol. The Morgan fingerprint density at radius 1 is 1.03 bits per heavy atom. The first-order valence-corrected chi connectivity index (χ1v) is 9.54. The molecule has 0 spiro atoms. The summed E-state index contributed by atoms with van der Waals surface area (Å²) in [6, 6.07) is 18.5. The number of amides is 1. The van der Waals surface area contributed by atoms with Gasteiger partial charge in [-0.05, 0) is 55.0 Å². The smallest absolute Gasteiger partial charge is 0.255 e. The number of anilines is 1. The third kappa shape index (κ3) is 4.40. The molecule has 0 aliphatic rings. The lowest BCUT2D eigenvalue weighted by Gasteiger charge is -2.08. The fraction of sp³-hybridized carbons (Fsp3) is 0.182. The van der Waals surface area contributed by atoms with Crippen LogP contribution in [0, 0.1) is 0 Å². The Balaban J connectivity index is 1.40. The molecule has 29 heavy (non-hydrogen) atoms. The molecule has 0 radical (unpaired) electrons. The molecule has 2 aromatic carbocycles. The van der Waals surface area contributed by atoms with E-state index in [2.05, 4.69) is 27.5 Å². The van der Waals surface area contributed by atoms with Gasteiger partial charge in [-0.3, -0.25) is 4.79 Å². The summed E-state index contributed by atoms with van der Waals surface area (Å²) in [5.41, 5.74) is 3.73. The lowest BCUT2D eigenvalue weighted by atomic mass is 10.1. The number of carbonyl (C=O) groups excluding carboxylic acids is 1. The number of ether oxygens (including phenoxy) is 1. The van der Waals surface area contributed by atoms with Crippen molar-refractivity contribution in [1.29, 1.82) is 0 Å². The highest BCUT2D eigenvalue weighted by molar-refractivity contribution is 6.04. The molecule has 146 valence electrons. The van der Waals surface area contributed by atoms with Crippen LogP contribution in [0.5, 0.6) is 5.75 Å². The molecule has 2 heterocycles. The van der Waals surface area contributed by atoms with Gasteiger partial charge >= 0.3 is 0 Å². The maximum absolute atomic E-state index is 12.5. The monoisotopic (exact) mass is 387 g/mol. The number of carbonyl (C=O) groups is 1. The third-order valence-corrected chi connectivity index (χ3v) is 4.48. The van der Waals surface area contributed by atoms with Crippen LogP contribution in [0.25, 0.3) is 16.9 Å². The maximum atomic E-state index is 12.5. The van der Waals surface area contributed by atoms with Crippen LogP contribution in [0.1, 0.15) is 30.1 Å². The number of nitrogens with one attached hydrogen (secondary N) is 1. The van der Waals surface area contributed by atoms with Gasteiger partial charge in [0.15, 0.2) is 5.65 Å². The molecule has 0 fully saturated rings. The van der Waals surface area contributed by atoms with Crippen LogP contribution in [0.3, 0.4) is 0 Å². The van der Waals surface area contributed by atoms with Crippen molar-refractivity contribution in [1.82, 2.24) is 19.8 Å². The van der Waals surface area contributed by atoms with E-state index in [-0.39, 0.29) is 5.91 Å². The summed E-state index contributed by atoms with van der Waals surface area (Å²) in [5, 5.41) is 15.2. The van der Waals surface area contributed by atoms with Crippen molar-refractivity contribution in [2.75, 3.05) is 11.9 Å². The molecule has 4 aromatic rings. The molecule has 0 unspecified atom stereocenters. The molecule has 0 saturated carbocycles. The van der Waals surface area contributed by atoms with Gasteiger partial charge in [0.05, 0.1) is 12.3 Å². The molecule has 7 heteroatoms. The van der Waals surface area contributed by atoms with E-state index < -0.39 is 0 Å². The highest BCUT2D eigenvalue weighted by Gasteiger charge is 2.08. The Bertz CT molecular complexity index is 1100. The van der Waals surface area contributed by atoms with E-state index in [1.165, 1.54) is 0 Å². The number of hydrogen-bond acceptors (Lipinski definition) is 5. The van der Waals surface area contributed by atoms with Crippen molar-refractivity contribution in [3.63, 3.8) is 0 Å². The van der Waals surface area contributed by atoms with Crippen LogP contribution in [-0.4, -0.2) is 32.3 Å². The Labute approximate surface area is 168 Å². The zero-order chi connectivity index (χ0) is 20.1. The van der Waals surface area contributed by atoms with Gasteiger partial charge < -0.3 is 10.1 Å². The Morgan fingerprint density at radius 2 is 1.83 bits per heavy atom. The van der Waals surface area contributed by atoms with E-state index in [1.807, 2.05) is 48.5 Å². The summed E-state index contributed by atoms with van der Waals surface area (Å²) in [4.78, 5) is 12.5. The lowest BCUT2D eigenvalue weighted by molar-refractivity contribution is 0.102. The number of hydrogen-bond donors (Lipinski definition) is 1. The van der Waals surface area contributed by atoms with Crippen LogP contribution in [0.15, 0.2) is 67.0 Å². The van der Waals surface area contributed by atoms with Crippen LogP contribution < -0.4 is 10.1 Å². The molecule has 2 aromatic heterocycles. The molecule has 1 amide bonds. The number of benzene rings is 2. The minimum absolute atomic E-state index is 0.165. The molecule has 7 nitrogen and oxygen atoms in total. The highest BCUT2D eigenvalue weighted by atomic mass is 16.5. The molecule has 0 bridgehead atoms. The van der Waals surface area contributed by atoms with Crippen LogP contribution in [0.2, 0.25) is 0 Å². The van der Waals surface area contributed by atoms with Crippen LogP contribution in [0.4, 0.5) is 5.69 Å². The zero-order valence-corrected chi connectivity index (χ0v) is 16.1. The molecule has 0 atom stereocenters. The van der Waals surface area contributed by atoms with Crippen molar-refractivity contribution < 1.29 is 9.53 Å². The predicted octanol–water partition coefficient (Wildman–Crippen LogP) is 4.22. The summed E-state index contributed by atoms with van der Waals surface area (Å²) >= 11 is 0. The molecule has 4 rings (SSSR count). The van der Waals surface area contributed by atoms with Crippen LogP contribution >= 0.6 is 0 Å².